The molecular weight excluding hydrogens is 253 g/mol. The summed E-state index contributed by atoms with van der Waals surface area (Å²) in [6.07, 6.45) is -0.163. The SMILES string of the molecule is Cc1ccc(F)cc1CC(=O)c1cccc(F)c1F. The molecule has 0 heterocycles. The first kappa shape index (κ1) is 13.3. The highest BCUT2D eigenvalue weighted by molar-refractivity contribution is 5.97. The highest BCUT2D eigenvalue weighted by Crippen LogP contribution is 2.17. The van der Waals surface area contributed by atoms with E-state index in [4.69, 9.17) is 0 Å². The summed E-state index contributed by atoms with van der Waals surface area (Å²) in [4.78, 5) is 11.9. The van der Waals surface area contributed by atoms with Gasteiger partial charge in [0, 0.05) is 6.42 Å². The quantitative estimate of drug-likeness (QED) is 0.770. The summed E-state index contributed by atoms with van der Waals surface area (Å²) < 4.78 is 39.6. The van der Waals surface area contributed by atoms with Crippen LogP contribution in [0.4, 0.5) is 13.2 Å². The molecule has 0 aromatic heterocycles. The molecule has 0 N–H and O–H groups in total. The van der Waals surface area contributed by atoms with Crippen molar-refractivity contribution in [2.75, 3.05) is 0 Å². The Balaban J connectivity index is 2.31. The average Bonchev–Trinajstić information content (AvgIpc) is 2.37. The highest BCUT2D eigenvalue weighted by Gasteiger charge is 2.16. The molecule has 0 unspecified atom stereocenters. The first-order valence-corrected chi connectivity index (χ1v) is 5.71. The van der Waals surface area contributed by atoms with Crippen LogP contribution in [0.1, 0.15) is 21.5 Å². The number of hydrogen-bond acceptors (Lipinski definition) is 1. The number of aryl methyl sites for hydroxylation is 1. The van der Waals surface area contributed by atoms with Crippen LogP contribution in [-0.2, 0) is 6.42 Å². The van der Waals surface area contributed by atoms with Crippen LogP contribution in [0.3, 0.4) is 0 Å². The van der Waals surface area contributed by atoms with Crippen LogP contribution < -0.4 is 0 Å². The van der Waals surface area contributed by atoms with E-state index in [0.29, 0.717) is 5.56 Å². The van der Waals surface area contributed by atoms with E-state index in [0.717, 1.165) is 11.6 Å². The third-order valence-corrected chi connectivity index (χ3v) is 2.91. The van der Waals surface area contributed by atoms with E-state index in [1.807, 2.05) is 0 Å². The summed E-state index contributed by atoms with van der Waals surface area (Å²) in [5.74, 6) is -3.28. The number of carbonyl (C=O) groups excluding carboxylic acids is 1. The van der Waals surface area contributed by atoms with E-state index in [9.17, 15) is 18.0 Å². The molecule has 0 amide bonds. The summed E-state index contributed by atoms with van der Waals surface area (Å²) >= 11 is 0. The van der Waals surface area contributed by atoms with E-state index in [-0.39, 0.29) is 12.0 Å². The fraction of sp³-hybridized carbons (Fsp3) is 0.133. The number of rotatable bonds is 3. The molecule has 4 heteroatoms. The van der Waals surface area contributed by atoms with Crippen molar-refractivity contribution in [1.82, 2.24) is 0 Å². The lowest BCUT2D eigenvalue weighted by Gasteiger charge is -2.06. The molecule has 0 radical (unpaired) electrons. The molecule has 2 aromatic rings. The zero-order chi connectivity index (χ0) is 14.0. The van der Waals surface area contributed by atoms with Gasteiger partial charge in [0.1, 0.15) is 5.82 Å². The van der Waals surface area contributed by atoms with E-state index in [2.05, 4.69) is 0 Å². The topological polar surface area (TPSA) is 17.1 Å². The van der Waals surface area contributed by atoms with Crippen molar-refractivity contribution in [3.8, 4) is 0 Å². The number of benzene rings is 2. The Morgan fingerprint density at radius 1 is 1.11 bits per heavy atom. The van der Waals surface area contributed by atoms with Crippen LogP contribution in [0.15, 0.2) is 36.4 Å². The number of Topliss-reactive ketones (excluding diaryl/α,β-unsaturated/α-hetero) is 1. The third kappa shape index (κ3) is 2.84. The molecule has 98 valence electrons. The number of hydrogen-bond donors (Lipinski definition) is 0. The first-order valence-electron chi connectivity index (χ1n) is 5.71. The molecule has 1 nitrogen and oxygen atoms in total. The molecule has 2 rings (SSSR count). The fourth-order valence-electron chi connectivity index (χ4n) is 1.82. The van der Waals surface area contributed by atoms with Crippen molar-refractivity contribution < 1.29 is 18.0 Å². The zero-order valence-corrected chi connectivity index (χ0v) is 10.2. The minimum absolute atomic E-state index is 0.163. The summed E-state index contributed by atoms with van der Waals surface area (Å²) in [7, 11) is 0. The van der Waals surface area contributed by atoms with E-state index in [1.54, 1.807) is 13.0 Å². The molecule has 2 aromatic carbocycles. The highest BCUT2D eigenvalue weighted by atomic mass is 19.2. The second-order valence-corrected chi connectivity index (χ2v) is 4.27. The van der Waals surface area contributed by atoms with Gasteiger partial charge in [0.05, 0.1) is 5.56 Å². The van der Waals surface area contributed by atoms with Gasteiger partial charge in [0.2, 0.25) is 0 Å². The molecule has 0 atom stereocenters. The lowest BCUT2D eigenvalue weighted by atomic mass is 9.99. The van der Waals surface area contributed by atoms with Crippen LogP contribution >= 0.6 is 0 Å². The smallest absolute Gasteiger partial charge is 0.170 e. The molecule has 0 aliphatic heterocycles. The maximum atomic E-state index is 13.5. The van der Waals surface area contributed by atoms with Gasteiger partial charge in [-0.1, -0.05) is 12.1 Å². The Hall–Kier alpha value is -2.10. The Bertz CT molecular complexity index is 635. The van der Waals surface area contributed by atoms with Crippen molar-refractivity contribution in [1.29, 1.82) is 0 Å². The lowest BCUT2D eigenvalue weighted by molar-refractivity contribution is 0.0988. The van der Waals surface area contributed by atoms with Crippen molar-refractivity contribution in [3.05, 3.63) is 70.5 Å². The molecule has 0 spiro atoms. The Kier molecular flexibility index (Phi) is 3.69. The van der Waals surface area contributed by atoms with Crippen molar-refractivity contribution in [3.63, 3.8) is 0 Å². The van der Waals surface area contributed by atoms with Gasteiger partial charge < -0.3 is 0 Å². The fourth-order valence-corrected chi connectivity index (χ4v) is 1.82. The summed E-state index contributed by atoms with van der Waals surface area (Å²) in [6.45, 7) is 1.73. The van der Waals surface area contributed by atoms with Gasteiger partial charge in [-0.25, -0.2) is 13.2 Å². The Morgan fingerprint density at radius 2 is 1.84 bits per heavy atom. The Labute approximate surface area is 108 Å². The van der Waals surface area contributed by atoms with Gasteiger partial charge in [-0.05, 0) is 42.3 Å². The van der Waals surface area contributed by atoms with Crippen molar-refractivity contribution >= 4 is 5.78 Å². The number of carbonyl (C=O) groups is 1. The maximum Gasteiger partial charge on any atom is 0.170 e. The van der Waals surface area contributed by atoms with Gasteiger partial charge in [-0.2, -0.15) is 0 Å². The monoisotopic (exact) mass is 264 g/mol. The van der Waals surface area contributed by atoms with Crippen LogP contribution in [0, 0.1) is 24.4 Å². The lowest BCUT2D eigenvalue weighted by Crippen LogP contribution is -2.08. The zero-order valence-electron chi connectivity index (χ0n) is 10.2. The number of ketones is 1. The molecule has 0 fully saturated rings. The molecule has 0 aliphatic carbocycles. The van der Waals surface area contributed by atoms with Gasteiger partial charge in [-0.3, -0.25) is 4.79 Å². The molecular formula is C15H11F3O. The molecule has 19 heavy (non-hydrogen) atoms. The normalized spacial score (nSPS) is 10.5. The van der Waals surface area contributed by atoms with Crippen LogP contribution in [0.25, 0.3) is 0 Å². The predicted molar refractivity (Wildman–Crippen MR) is 65.5 cm³/mol. The summed E-state index contributed by atoms with van der Waals surface area (Å²) in [5.41, 5.74) is 0.879. The second kappa shape index (κ2) is 5.26. The van der Waals surface area contributed by atoms with Gasteiger partial charge in [-0.15, -0.1) is 0 Å². The number of halogens is 3. The van der Waals surface area contributed by atoms with Gasteiger partial charge in [0.25, 0.3) is 0 Å². The third-order valence-electron chi connectivity index (χ3n) is 2.91. The van der Waals surface area contributed by atoms with Crippen LogP contribution in [-0.4, -0.2) is 5.78 Å². The van der Waals surface area contributed by atoms with Gasteiger partial charge >= 0.3 is 0 Å². The van der Waals surface area contributed by atoms with Crippen molar-refractivity contribution in [2.24, 2.45) is 0 Å². The molecule has 0 saturated heterocycles. The largest absolute Gasteiger partial charge is 0.294 e. The van der Waals surface area contributed by atoms with E-state index >= 15 is 0 Å². The summed E-state index contributed by atoms with van der Waals surface area (Å²) in [5, 5.41) is 0. The first-order chi connectivity index (χ1) is 8.99. The van der Waals surface area contributed by atoms with E-state index in [1.165, 1.54) is 24.3 Å². The van der Waals surface area contributed by atoms with Crippen molar-refractivity contribution in [2.45, 2.75) is 13.3 Å². The predicted octanol–water partition coefficient (Wildman–Crippen LogP) is 3.84. The minimum Gasteiger partial charge on any atom is -0.294 e. The van der Waals surface area contributed by atoms with Crippen LogP contribution in [0.2, 0.25) is 0 Å². The summed E-state index contributed by atoms with van der Waals surface area (Å²) in [6, 6.07) is 7.48. The van der Waals surface area contributed by atoms with E-state index < -0.39 is 23.2 Å². The molecule has 0 bridgehead atoms. The molecule has 0 saturated carbocycles. The standard InChI is InChI=1S/C15H11F3O/c1-9-5-6-11(16)7-10(9)8-14(19)12-3-2-4-13(17)15(12)18/h2-7H,8H2,1H3. The average molecular weight is 264 g/mol. The maximum absolute atomic E-state index is 13.5. The van der Waals surface area contributed by atoms with Crippen LogP contribution in [0.5, 0.6) is 0 Å². The van der Waals surface area contributed by atoms with Gasteiger partial charge in [0.15, 0.2) is 17.4 Å². The molecule has 0 aliphatic rings. The second-order valence-electron chi connectivity index (χ2n) is 4.27. The Morgan fingerprint density at radius 3 is 2.58 bits per heavy atom. The minimum atomic E-state index is -1.17.